The van der Waals surface area contributed by atoms with Crippen LogP contribution < -0.4 is 21.9 Å². The van der Waals surface area contributed by atoms with Gasteiger partial charge in [-0.2, -0.15) is 0 Å². The van der Waals surface area contributed by atoms with Gasteiger partial charge in [-0.05, 0) is 24.8 Å². The van der Waals surface area contributed by atoms with Crippen LogP contribution in [0.3, 0.4) is 0 Å². The number of carbonyl (C=O) groups is 2. The van der Waals surface area contributed by atoms with E-state index in [9.17, 15) is 19.2 Å². The number of likely N-dealkylation sites (N-methyl/N-ethyl adjacent to an activating group) is 1. The van der Waals surface area contributed by atoms with Gasteiger partial charge in [0, 0.05) is 6.54 Å². The number of nitrogens with one attached hydrogen (secondary N) is 1. The van der Waals surface area contributed by atoms with Gasteiger partial charge in [0.05, 0.1) is 12.5 Å². The van der Waals surface area contributed by atoms with Crippen LogP contribution in [0.15, 0.2) is 39.9 Å². The Hall–Kier alpha value is -3.36. The SMILES string of the molecule is CCN(C(=O)COC(=O)[C@@H]1C[C@@H]1C)c1c(N)n(Cc2ccccc2)c(=O)[nH]c1=O. The minimum atomic E-state index is -0.769. The van der Waals surface area contributed by atoms with Gasteiger partial charge in [0.2, 0.25) is 0 Å². The molecule has 0 unspecified atom stereocenters. The molecule has 1 aliphatic rings. The molecule has 3 rings (SSSR count). The molecule has 1 amide bonds. The second-order valence-electron chi connectivity index (χ2n) is 7.13. The number of hydrogen-bond donors (Lipinski definition) is 2. The Morgan fingerprint density at radius 3 is 2.52 bits per heavy atom. The molecule has 0 saturated heterocycles. The molecule has 1 fully saturated rings. The van der Waals surface area contributed by atoms with Gasteiger partial charge in [-0.25, -0.2) is 4.79 Å². The molecule has 1 aliphatic carbocycles. The number of esters is 1. The number of hydrogen-bond acceptors (Lipinski definition) is 6. The lowest BCUT2D eigenvalue weighted by molar-refractivity contribution is -0.149. The van der Waals surface area contributed by atoms with Gasteiger partial charge in [0.15, 0.2) is 12.3 Å². The number of nitrogens with two attached hydrogens (primary N) is 1. The van der Waals surface area contributed by atoms with Crippen LogP contribution in [0.1, 0.15) is 25.8 Å². The summed E-state index contributed by atoms with van der Waals surface area (Å²) in [4.78, 5) is 52.5. The summed E-state index contributed by atoms with van der Waals surface area (Å²) >= 11 is 0. The third kappa shape index (κ3) is 4.39. The van der Waals surface area contributed by atoms with Crippen molar-refractivity contribution < 1.29 is 14.3 Å². The molecule has 1 aromatic carbocycles. The van der Waals surface area contributed by atoms with Crippen LogP contribution >= 0.6 is 0 Å². The average Bonchev–Trinajstić information content (AvgIpc) is 3.43. The zero-order valence-corrected chi connectivity index (χ0v) is 16.4. The summed E-state index contributed by atoms with van der Waals surface area (Å²) in [7, 11) is 0. The molecule has 2 atom stereocenters. The number of aromatic amines is 1. The molecular formula is C20H24N4O5. The number of ether oxygens (including phenoxy) is 1. The standard InChI is InChI=1S/C20H24N4O5/c1-3-23(15(25)11-29-19(27)14-9-12(14)2)16-17(21)24(20(28)22-18(16)26)10-13-7-5-4-6-8-13/h4-8,12,14H,3,9-11,21H2,1-2H3,(H,22,26,28)/t12-,14+/m0/s1. The van der Waals surface area contributed by atoms with Gasteiger partial charge in [-0.3, -0.25) is 23.9 Å². The number of amides is 1. The molecule has 1 saturated carbocycles. The van der Waals surface area contributed by atoms with Crippen molar-refractivity contribution >= 4 is 23.4 Å². The number of H-pyrrole nitrogens is 1. The van der Waals surface area contributed by atoms with Crippen LogP contribution in [0.5, 0.6) is 0 Å². The van der Waals surface area contributed by atoms with Crippen molar-refractivity contribution in [3.05, 3.63) is 56.7 Å². The van der Waals surface area contributed by atoms with Crippen molar-refractivity contribution in [2.24, 2.45) is 11.8 Å². The smallest absolute Gasteiger partial charge is 0.330 e. The normalized spacial score (nSPS) is 17.6. The molecule has 154 valence electrons. The highest BCUT2D eigenvalue weighted by Crippen LogP contribution is 2.38. The fraction of sp³-hybridized carbons (Fsp3) is 0.400. The summed E-state index contributed by atoms with van der Waals surface area (Å²) in [6, 6.07) is 9.12. The highest BCUT2D eigenvalue weighted by atomic mass is 16.5. The number of aromatic nitrogens is 2. The highest BCUT2D eigenvalue weighted by Gasteiger charge is 2.40. The third-order valence-corrected chi connectivity index (χ3v) is 5.03. The predicted molar refractivity (Wildman–Crippen MR) is 108 cm³/mol. The quantitative estimate of drug-likeness (QED) is 0.659. The Kier molecular flexibility index (Phi) is 5.86. The molecule has 2 aromatic rings. The Balaban J connectivity index is 1.85. The molecule has 0 bridgehead atoms. The predicted octanol–water partition coefficient (Wildman–Crippen LogP) is 0.719. The van der Waals surface area contributed by atoms with Gasteiger partial charge < -0.3 is 15.4 Å². The third-order valence-electron chi connectivity index (χ3n) is 5.03. The van der Waals surface area contributed by atoms with E-state index in [1.54, 1.807) is 6.92 Å². The number of nitrogen functional groups attached to an aromatic ring is 1. The van der Waals surface area contributed by atoms with Crippen molar-refractivity contribution in [2.75, 3.05) is 23.8 Å². The topological polar surface area (TPSA) is 127 Å². The number of rotatable bonds is 7. The summed E-state index contributed by atoms with van der Waals surface area (Å²) in [6.45, 7) is 3.35. The van der Waals surface area contributed by atoms with Crippen LogP contribution in [0.25, 0.3) is 0 Å². The van der Waals surface area contributed by atoms with Crippen LogP contribution in [0.2, 0.25) is 0 Å². The Labute approximate surface area is 167 Å². The van der Waals surface area contributed by atoms with Crippen LogP contribution in [0, 0.1) is 11.8 Å². The lowest BCUT2D eigenvalue weighted by atomic mass is 10.2. The molecule has 0 aliphatic heterocycles. The molecule has 1 heterocycles. The Bertz CT molecular complexity index is 1030. The first-order valence-electron chi connectivity index (χ1n) is 9.47. The first kappa shape index (κ1) is 20.4. The van der Waals surface area contributed by atoms with Crippen molar-refractivity contribution in [1.82, 2.24) is 9.55 Å². The molecule has 0 spiro atoms. The highest BCUT2D eigenvalue weighted by molar-refractivity contribution is 5.97. The summed E-state index contributed by atoms with van der Waals surface area (Å²) in [5, 5.41) is 0. The zero-order chi connectivity index (χ0) is 21.1. The maximum absolute atomic E-state index is 12.6. The monoisotopic (exact) mass is 400 g/mol. The largest absolute Gasteiger partial charge is 0.455 e. The number of nitrogens with zero attached hydrogens (tertiary/aromatic N) is 2. The van der Waals surface area contributed by atoms with Crippen molar-refractivity contribution in [1.29, 1.82) is 0 Å². The lowest BCUT2D eigenvalue weighted by Gasteiger charge is -2.23. The van der Waals surface area contributed by atoms with Gasteiger partial charge >= 0.3 is 11.7 Å². The Morgan fingerprint density at radius 1 is 1.28 bits per heavy atom. The summed E-state index contributed by atoms with van der Waals surface area (Å²) in [6.07, 6.45) is 0.752. The second-order valence-corrected chi connectivity index (χ2v) is 7.13. The van der Waals surface area contributed by atoms with Crippen molar-refractivity contribution in [3.8, 4) is 0 Å². The van der Waals surface area contributed by atoms with E-state index < -0.39 is 29.7 Å². The van der Waals surface area contributed by atoms with E-state index in [1.165, 1.54) is 4.57 Å². The zero-order valence-electron chi connectivity index (χ0n) is 16.4. The Morgan fingerprint density at radius 2 is 1.93 bits per heavy atom. The van der Waals surface area contributed by atoms with E-state index in [2.05, 4.69) is 4.98 Å². The minimum Gasteiger partial charge on any atom is -0.455 e. The first-order chi connectivity index (χ1) is 13.8. The average molecular weight is 400 g/mol. The summed E-state index contributed by atoms with van der Waals surface area (Å²) < 4.78 is 6.27. The van der Waals surface area contributed by atoms with E-state index >= 15 is 0 Å². The molecule has 9 nitrogen and oxygen atoms in total. The number of carbonyl (C=O) groups excluding carboxylic acids is 2. The van der Waals surface area contributed by atoms with E-state index in [0.717, 1.165) is 16.9 Å². The minimum absolute atomic E-state index is 0.118. The van der Waals surface area contributed by atoms with E-state index in [4.69, 9.17) is 10.5 Å². The fourth-order valence-corrected chi connectivity index (χ4v) is 3.19. The van der Waals surface area contributed by atoms with E-state index in [-0.39, 0.29) is 36.4 Å². The molecular weight excluding hydrogens is 376 g/mol. The van der Waals surface area contributed by atoms with Gasteiger partial charge in [-0.15, -0.1) is 0 Å². The lowest BCUT2D eigenvalue weighted by Crippen LogP contribution is -2.42. The first-order valence-corrected chi connectivity index (χ1v) is 9.47. The summed E-state index contributed by atoms with van der Waals surface area (Å²) in [5.74, 6) is -1.03. The number of benzene rings is 1. The van der Waals surface area contributed by atoms with Gasteiger partial charge in [0.1, 0.15) is 5.82 Å². The van der Waals surface area contributed by atoms with Crippen LogP contribution in [0.4, 0.5) is 11.5 Å². The molecule has 9 heteroatoms. The van der Waals surface area contributed by atoms with Gasteiger partial charge in [-0.1, -0.05) is 37.3 Å². The molecule has 29 heavy (non-hydrogen) atoms. The van der Waals surface area contributed by atoms with Gasteiger partial charge in [0.25, 0.3) is 11.5 Å². The van der Waals surface area contributed by atoms with Crippen LogP contribution in [-0.2, 0) is 20.9 Å². The second kappa shape index (κ2) is 8.34. The van der Waals surface area contributed by atoms with Crippen LogP contribution in [-0.4, -0.2) is 34.6 Å². The maximum atomic E-state index is 12.6. The molecule has 1 aromatic heterocycles. The summed E-state index contributed by atoms with van der Waals surface area (Å²) in [5.41, 5.74) is 5.35. The molecule has 0 radical (unpaired) electrons. The maximum Gasteiger partial charge on any atom is 0.330 e. The van der Waals surface area contributed by atoms with Crippen molar-refractivity contribution in [2.45, 2.75) is 26.8 Å². The fourth-order valence-electron chi connectivity index (χ4n) is 3.19. The van der Waals surface area contributed by atoms with E-state index in [1.807, 2.05) is 37.3 Å². The van der Waals surface area contributed by atoms with Crippen molar-refractivity contribution in [3.63, 3.8) is 0 Å². The number of anilines is 2. The molecule has 3 N–H and O–H groups in total. The van der Waals surface area contributed by atoms with E-state index in [0.29, 0.717) is 0 Å².